The fourth-order valence-corrected chi connectivity index (χ4v) is 3.48. The van der Waals surface area contributed by atoms with Gasteiger partial charge in [0.2, 0.25) is 5.91 Å². The van der Waals surface area contributed by atoms with Crippen molar-refractivity contribution in [2.75, 3.05) is 13.6 Å². The molecule has 8 heteroatoms. The number of nitrogens with one attached hydrogen (secondary N) is 2. The summed E-state index contributed by atoms with van der Waals surface area (Å²) in [6, 6.07) is 5.43. The van der Waals surface area contributed by atoms with Gasteiger partial charge in [-0.1, -0.05) is 0 Å². The van der Waals surface area contributed by atoms with E-state index in [1.165, 1.54) is 12.1 Å². The van der Waals surface area contributed by atoms with Crippen molar-refractivity contribution in [1.29, 1.82) is 0 Å². The number of aryl methyl sites for hydroxylation is 1. The molecule has 0 aliphatic carbocycles. The van der Waals surface area contributed by atoms with Crippen LogP contribution in [0.5, 0.6) is 0 Å². The Kier molecular flexibility index (Phi) is 5.43. The molecule has 0 saturated carbocycles. The lowest BCUT2D eigenvalue weighted by Crippen LogP contribution is -2.48. The summed E-state index contributed by atoms with van der Waals surface area (Å²) in [5.74, 6) is -0.441. The van der Waals surface area contributed by atoms with Gasteiger partial charge in [0.15, 0.2) is 0 Å². The second kappa shape index (κ2) is 7.77. The average Bonchev–Trinajstić information content (AvgIpc) is 3.25. The molecule has 3 amide bonds. The van der Waals surface area contributed by atoms with E-state index in [-0.39, 0.29) is 17.8 Å². The van der Waals surface area contributed by atoms with Gasteiger partial charge in [0.05, 0.1) is 11.4 Å². The molecule has 2 N–H and O–H groups in total. The molecule has 27 heavy (non-hydrogen) atoms. The van der Waals surface area contributed by atoms with Crippen LogP contribution < -0.4 is 10.6 Å². The number of benzene rings is 1. The molecule has 1 atom stereocenters. The summed E-state index contributed by atoms with van der Waals surface area (Å²) >= 11 is 0. The molecular weight excluding hydrogens is 349 g/mol. The fraction of sp³-hybridized carbons (Fsp3) is 0.421. The molecule has 2 aromatic rings. The Morgan fingerprint density at radius 3 is 2.63 bits per heavy atom. The van der Waals surface area contributed by atoms with Crippen LogP contribution in [-0.2, 0) is 11.3 Å². The normalized spacial score (nSPS) is 16.4. The number of halogens is 1. The first-order valence-electron chi connectivity index (χ1n) is 8.99. The second-order valence-electron chi connectivity index (χ2n) is 6.66. The Morgan fingerprint density at radius 1 is 1.26 bits per heavy atom. The molecule has 1 saturated heterocycles. The summed E-state index contributed by atoms with van der Waals surface area (Å²) in [5, 5.41) is 10.0. The van der Waals surface area contributed by atoms with Crippen LogP contribution in [0.4, 0.5) is 9.18 Å². The number of aromatic nitrogens is 2. The predicted octanol–water partition coefficient (Wildman–Crippen LogP) is 2.05. The van der Waals surface area contributed by atoms with Gasteiger partial charge in [-0.05, 0) is 51.0 Å². The second-order valence-corrected chi connectivity index (χ2v) is 6.66. The molecule has 1 aromatic heterocycles. The summed E-state index contributed by atoms with van der Waals surface area (Å²) < 4.78 is 14.9. The van der Waals surface area contributed by atoms with E-state index in [0.717, 1.165) is 29.1 Å². The Morgan fingerprint density at radius 2 is 1.96 bits per heavy atom. The van der Waals surface area contributed by atoms with E-state index in [0.29, 0.717) is 19.5 Å². The van der Waals surface area contributed by atoms with E-state index in [1.807, 2.05) is 13.8 Å². The highest BCUT2D eigenvalue weighted by Gasteiger charge is 2.33. The van der Waals surface area contributed by atoms with Crippen LogP contribution in [0, 0.1) is 19.7 Å². The van der Waals surface area contributed by atoms with Gasteiger partial charge in [0.25, 0.3) is 0 Å². The maximum atomic E-state index is 13.1. The minimum atomic E-state index is -0.417. The number of hydrogen-bond acceptors (Lipinski definition) is 3. The molecule has 1 aliphatic heterocycles. The lowest BCUT2D eigenvalue weighted by Gasteiger charge is -2.23. The number of carbonyl (C=O) groups excluding carboxylic acids is 2. The van der Waals surface area contributed by atoms with Crippen LogP contribution in [0.1, 0.15) is 29.8 Å². The third kappa shape index (κ3) is 3.79. The molecule has 1 fully saturated rings. The fourth-order valence-electron chi connectivity index (χ4n) is 3.48. The van der Waals surface area contributed by atoms with E-state index < -0.39 is 6.04 Å². The summed E-state index contributed by atoms with van der Waals surface area (Å²) in [6.45, 7) is 4.66. The number of amides is 3. The predicted molar refractivity (Wildman–Crippen MR) is 99.0 cm³/mol. The largest absolute Gasteiger partial charge is 0.357 e. The van der Waals surface area contributed by atoms with Crippen molar-refractivity contribution in [3.63, 3.8) is 0 Å². The van der Waals surface area contributed by atoms with Crippen molar-refractivity contribution in [3.8, 4) is 5.69 Å². The molecule has 3 rings (SSSR count). The van der Waals surface area contributed by atoms with Crippen molar-refractivity contribution in [1.82, 2.24) is 25.3 Å². The van der Waals surface area contributed by atoms with Crippen molar-refractivity contribution >= 4 is 11.9 Å². The van der Waals surface area contributed by atoms with E-state index >= 15 is 0 Å². The third-order valence-electron chi connectivity index (χ3n) is 4.99. The lowest BCUT2D eigenvalue weighted by molar-refractivity contribution is -0.124. The number of nitrogens with zero attached hydrogens (tertiary/aromatic N) is 3. The third-order valence-corrected chi connectivity index (χ3v) is 4.99. The van der Waals surface area contributed by atoms with Gasteiger partial charge in [-0.25, -0.2) is 13.9 Å². The van der Waals surface area contributed by atoms with Gasteiger partial charge in [-0.2, -0.15) is 5.10 Å². The Labute approximate surface area is 157 Å². The van der Waals surface area contributed by atoms with E-state index in [9.17, 15) is 14.0 Å². The van der Waals surface area contributed by atoms with Crippen molar-refractivity contribution in [3.05, 3.63) is 47.0 Å². The number of hydrogen-bond donors (Lipinski definition) is 2. The van der Waals surface area contributed by atoms with Crippen molar-refractivity contribution in [2.24, 2.45) is 0 Å². The highest BCUT2D eigenvalue weighted by atomic mass is 19.1. The standard InChI is InChI=1S/C19H24FN5O2/c1-12-16(13(2)25(23-12)15-8-6-14(20)7-9-15)11-22-19(27)24-10-4-5-17(24)18(26)21-3/h6-9,17H,4-5,10-11H2,1-3H3,(H,21,26)(H,22,27)/t17-/m1/s1. The molecule has 7 nitrogen and oxygen atoms in total. The summed E-state index contributed by atoms with van der Waals surface area (Å²) in [6.07, 6.45) is 1.49. The summed E-state index contributed by atoms with van der Waals surface area (Å²) in [4.78, 5) is 26.1. The minimum Gasteiger partial charge on any atom is -0.357 e. The molecular formula is C19H24FN5O2. The smallest absolute Gasteiger partial charge is 0.318 e. The van der Waals surface area contributed by atoms with Crippen LogP contribution >= 0.6 is 0 Å². The number of urea groups is 1. The molecule has 0 unspecified atom stereocenters. The van der Waals surface area contributed by atoms with E-state index in [4.69, 9.17) is 0 Å². The van der Waals surface area contributed by atoms with Crippen molar-refractivity contribution < 1.29 is 14.0 Å². The highest BCUT2D eigenvalue weighted by molar-refractivity contribution is 5.87. The number of likely N-dealkylation sites (N-methyl/N-ethyl adjacent to an activating group) is 1. The Bertz CT molecular complexity index is 847. The number of rotatable bonds is 4. The lowest BCUT2D eigenvalue weighted by atomic mass is 10.2. The molecule has 0 radical (unpaired) electrons. The number of carbonyl (C=O) groups is 2. The summed E-state index contributed by atoms with van der Waals surface area (Å²) in [5.41, 5.74) is 3.34. The van der Waals surface area contributed by atoms with E-state index in [1.54, 1.807) is 28.8 Å². The van der Waals surface area contributed by atoms with Gasteiger partial charge in [-0.15, -0.1) is 0 Å². The van der Waals surface area contributed by atoms with Gasteiger partial charge in [0, 0.05) is 31.4 Å². The van der Waals surface area contributed by atoms with Crippen LogP contribution in [0.15, 0.2) is 24.3 Å². The van der Waals surface area contributed by atoms with Gasteiger partial charge in [-0.3, -0.25) is 4.79 Å². The molecule has 0 bridgehead atoms. The monoisotopic (exact) mass is 373 g/mol. The first kappa shape index (κ1) is 18.9. The van der Waals surface area contributed by atoms with Crippen LogP contribution in [0.2, 0.25) is 0 Å². The average molecular weight is 373 g/mol. The molecule has 0 spiro atoms. The molecule has 1 aromatic carbocycles. The van der Waals surface area contributed by atoms with Gasteiger partial charge in [0.1, 0.15) is 11.9 Å². The maximum absolute atomic E-state index is 13.1. The van der Waals surface area contributed by atoms with Crippen LogP contribution in [0.25, 0.3) is 5.69 Å². The van der Waals surface area contributed by atoms with Crippen LogP contribution in [0.3, 0.4) is 0 Å². The first-order valence-corrected chi connectivity index (χ1v) is 8.99. The quantitative estimate of drug-likeness (QED) is 0.861. The molecule has 1 aliphatic rings. The van der Waals surface area contributed by atoms with Gasteiger partial charge < -0.3 is 15.5 Å². The van der Waals surface area contributed by atoms with Gasteiger partial charge >= 0.3 is 6.03 Å². The Balaban J connectivity index is 1.72. The topological polar surface area (TPSA) is 79.3 Å². The zero-order valence-electron chi connectivity index (χ0n) is 15.8. The van der Waals surface area contributed by atoms with Crippen molar-refractivity contribution in [2.45, 2.75) is 39.3 Å². The number of likely N-dealkylation sites (tertiary alicyclic amines) is 1. The first-order chi connectivity index (χ1) is 12.9. The zero-order chi connectivity index (χ0) is 19.6. The molecule has 144 valence electrons. The minimum absolute atomic E-state index is 0.140. The zero-order valence-corrected chi connectivity index (χ0v) is 15.8. The summed E-state index contributed by atoms with van der Waals surface area (Å²) in [7, 11) is 1.58. The van der Waals surface area contributed by atoms with Crippen LogP contribution in [-0.4, -0.2) is 46.3 Å². The maximum Gasteiger partial charge on any atom is 0.318 e. The Hall–Kier alpha value is -2.90. The molecule has 2 heterocycles. The van der Waals surface area contributed by atoms with E-state index in [2.05, 4.69) is 15.7 Å². The highest BCUT2D eigenvalue weighted by Crippen LogP contribution is 2.20. The SMILES string of the molecule is CNC(=O)[C@H]1CCCN1C(=O)NCc1c(C)nn(-c2ccc(F)cc2)c1C.